The normalized spacial score (nSPS) is 15.2. The monoisotopic (exact) mass is 263 g/mol. The molecule has 2 N–H and O–H groups in total. The highest BCUT2D eigenvalue weighted by Gasteiger charge is 2.50. The molecule has 0 aliphatic heterocycles. The van der Waals surface area contributed by atoms with Gasteiger partial charge in [0.05, 0.1) is 12.0 Å². The van der Waals surface area contributed by atoms with Crippen LogP contribution in [-0.2, 0) is 16.0 Å². The fourth-order valence-electron chi connectivity index (χ4n) is 2.13. The quantitative estimate of drug-likeness (QED) is 0.668. The maximum Gasteiger partial charge on any atom is 0.312 e. The predicted octanol–water partition coefficient (Wildman–Crippen LogP) is 3.49. The molecule has 0 unspecified atom stereocenters. The third-order valence-corrected chi connectivity index (χ3v) is 3.44. The maximum absolute atomic E-state index is 11.8. The molecule has 19 heavy (non-hydrogen) atoms. The Morgan fingerprint density at radius 2 is 2.00 bits per heavy atom. The van der Waals surface area contributed by atoms with Gasteiger partial charge in [-0.15, -0.1) is 0 Å². The zero-order chi connectivity index (χ0) is 14.5. The number of nitrogen functional groups attached to an aromatic ring is 1. The summed E-state index contributed by atoms with van der Waals surface area (Å²) in [6.45, 7) is 8.30. The first kappa shape index (κ1) is 15.5. The number of benzene rings is 1. The van der Waals surface area contributed by atoms with Gasteiger partial charge in [-0.05, 0) is 50.3 Å². The van der Waals surface area contributed by atoms with Crippen LogP contribution < -0.4 is 5.73 Å². The second-order valence-electron chi connectivity index (χ2n) is 4.87. The Hall–Kier alpha value is -1.51. The second-order valence-corrected chi connectivity index (χ2v) is 4.87. The van der Waals surface area contributed by atoms with Crippen molar-refractivity contribution >= 4 is 11.7 Å². The van der Waals surface area contributed by atoms with Crippen molar-refractivity contribution < 1.29 is 9.53 Å². The molecular formula is C16H25NO2. The highest BCUT2D eigenvalue weighted by molar-refractivity contribution is 5.80. The Kier molecular flexibility index (Phi) is 5.40. The van der Waals surface area contributed by atoms with Gasteiger partial charge >= 0.3 is 5.97 Å². The van der Waals surface area contributed by atoms with Crippen LogP contribution in [0.5, 0.6) is 0 Å². The van der Waals surface area contributed by atoms with Crippen molar-refractivity contribution in [2.75, 3.05) is 12.3 Å². The minimum absolute atomic E-state index is 0.0468. The Bertz CT molecular complexity index is 436. The van der Waals surface area contributed by atoms with Crippen LogP contribution in [-0.4, -0.2) is 12.6 Å². The van der Waals surface area contributed by atoms with E-state index in [1.54, 1.807) is 0 Å². The van der Waals surface area contributed by atoms with Crippen molar-refractivity contribution in [2.45, 2.75) is 47.0 Å². The lowest BCUT2D eigenvalue weighted by molar-refractivity contribution is -0.149. The van der Waals surface area contributed by atoms with Crippen molar-refractivity contribution in [2.24, 2.45) is 5.41 Å². The molecule has 1 fully saturated rings. The van der Waals surface area contributed by atoms with Crippen molar-refractivity contribution in [3.63, 3.8) is 0 Å². The van der Waals surface area contributed by atoms with Crippen LogP contribution in [0.25, 0.3) is 0 Å². The van der Waals surface area contributed by atoms with E-state index >= 15 is 0 Å². The molecule has 1 aromatic rings. The standard InChI is InChI=1S/C14H19NO2.C2H6/c1-3-17-13(16)14(6-7-14)9-11-4-5-12(15)10(2)8-11;1-2/h4-5,8H,3,6-7,9,15H2,1-2H3;1-2H3. The smallest absolute Gasteiger partial charge is 0.312 e. The third-order valence-electron chi connectivity index (χ3n) is 3.44. The zero-order valence-electron chi connectivity index (χ0n) is 12.5. The van der Waals surface area contributed by atoms with Gasteiger partial charge in [0.15, 0.2) is 0 Å². The number of carbonyl (C=O) groups excluding carboxylic acids is 1. The Balaban J connectivity index is 0.000000861. The number of carbonyl (C=O) groups is 1. The largest absolute Gasteiger partial charge is 0.466 e. The van der Waals surface area contributed by atoms with Gasteiger partial charge in [0.2, 0.25) is 0 Å². The molecule has 0 spiro atoms. The molecule has 2 rings (SSSR count). The highest BCUT2D eigenvalue weighted by atomic mass is 16.5. The number of hydrogen-bond acceptors (Lipinski definition) is 3. The first-order valence-corrected chi connectivity index (χ1v) is 7.09. The van der Waals surface area contributed by atoms with Crippen LogP contribution in [0, 0.1) is 12.3 Å². The van der Waals surface area contributed by atoms with Crippen molar-refractivity contribution in [1.29, 1.82) is 0 Å². The summed E-state index contributed by atoms with van der Waals surface area (Å²) >= 11 is 0. The molecule has 1 aliphatic carbocycles. The van der Waals surface area contributed by atoms with Crippen molar-refractivity contribution in [3.05, 3.63) is 29.3 Å². The van der Waals surface area contributed by atoms with Gasteiger partial charge in [0.25, 0.3) is 0 Å². The van der Waals surface area contributed by atoms with Gasteiger partial charge in [0, 0.05) is 5.69 Å². The van der Waals surface area contributed by atoms with Crippen LogP contribution >= 0.6 is 0 Å². The van der Waals surface area contributed by atoms with E-state index in [0.29, 0.717) is 6.61 Å². The number of nitrogens with two attached hydrogens (primary N) is 1. The molecule has 106 valence electrons. The minimum atomic E-state index is -0.251. The number of ether oxygens (including phenoxy) is 1. The molecule has 3 heteroatoms. The molecule has 3 nitrogen and oxygen atoms in total. The van der Waals surface area contributed by atoms with Crippen molar-refractivity contribution in [1.82, 2.24) is 0 Å². The maximum atomic E-state index is 11.8. The SMILES string of the molecule is CC.CCOC(=O)C1(Cc2ccc(N)c(C)c2)CC1. The van der Waals surface area contributed by atoms with Gasteiger partial charge in [-0.3, -0.25) is 4.79 Å². The summed E-state index contributed by atoms with van der Waals surface area (Å²) < 4.78 is 5.13. The zero-order valence-corrected chi connectivity index (χ0v) is 12.5. The van der Waals surface area contributed by atoms with Crippen LogP contribution in [0.2, 0.25) is 0 Å². The molecule has 1 saturated carbocycles. The summed E-state index contributed by atoms with van der Waals surface area (Å²) in [5, 5.41) is 0. The average molecular weight is 263 g/mol. The number of aryl methyl sites for hydroxylation is 1. The highest BCUT2D eigenvalue weighted by Crippen LogP contribution is 2.49. The van der Waals surface area contributed by atoms with Gasteiger partial charge in [-0.25, -0.2) is 0 Å². The number of esters is 1. The van der Waals surface area contributed by atoms with E-state index in [-0.39, 0.29) is 11.4 Å². The number of rotatable bonds is 4. The first-order chi connectivity index (χ1) is 9.07. The Labute approximate surface area is 116 Å². The van der Waals surface area contributed by atoms with Gasteiger partial charge in [-0.2, -0.15) is 0 Å². The van der Waals surface area contributed by atoms with E-state index in [1.165, 1.54) is 5.56 Å². The van der Waals surface area contributed by atoms with E-state index in [2.05, 4.69) is 6.07 Å². The second kappa shape index (κ2) is 6.60. The molecule has 0 bridgehead atoms. The predicted molar refractivity (Wildman–Crippen MR) is 78.9 cm³/mol. The minimum Gasteiger partial charge on any atom is -0.466 e. The van der Waals surface area contributed by atoms with Gasteiger partial charge in [0.1, 0.15) is 0 Å². The number of anilines is 1. The molecule has 0 heterocycles. The molecule has 0 saturated heterocycles. The summed E-state index contributed by atoms with van der Waals surface area (Å²) in [5.41, 5.74) is 8.57. The molecule has 0 radical (unpaired) electrons. The van der Waals surface area contributed by atoms with Crippen LogP contribution in [0.3, 0.4) is 0 Å². The van der Waals surface area contributed by atoms with E-state index in [9.17, 15) is 4.79 Å². The van der Waals surface area contributed by atoms with E-state index in [0.717, 1.165) is 30.5 Å². The molecule has 1 aliphatic rings. The first-order valence-electron chi connectivity index (χ1n) is 7.09. The van der Waals surface area contributed by atoms with E-state index < -0.39 is 0 Å². The summed E-state index contributed by atoms with van der Waals surface area (Å²) in [6, 6.07) is 5.97. The lowest BCUT2D eigenvalue weighted by atomic mass is 9.95. The fourth-order valence-corrected chi connectivity index (χ4v) is 2.13. The van der Waals surface area contributed by atoms with Gasteiger partial charge in [-0.1, -0.05) is 26.0 Å². The Morgan fingerprint density at radius 1 is 1.37 bits per heavy atom. The van der Waals surface area contributed by atoms with Crippen molar-refractivity contribution in [3.8, 4) is 0 Å². The van der Waals surface area contributed by atoms with E-state index in [4.69, 9.17) is 10.5 Å². The summed E-state index contributed by atoms with van der Waals surface area (Å²) in [7, 11) is 0. The van der Waals surface area contributed by atoms with Crippen LogP contribution in [0.4, 0.5) is 5.69 Å². The average Bonchev–Trinajstić information content (AvgIpc) is 3.18. The van der Waals surface area contributed by atoms with Crippen LogP contribution in [0.1, 0.15) is 44.7 Å². The molecular weight excluding hydrogens is 238 g/mol. The lowest BCUT2D eigenvalue weighted by Gasteiger charge is -2.14. The van der Waals surface area contributed by atoms with Gasteiger partial charge < -0.3 is 10.5 Å². The van der Waals surface area contributed by atoms with E-state index in [1.807, 2.05) is 39.8 Å². The summed E-state index contributed by atoms with van der Waals surface area (Å²) in [4.78, 5) is 11.8. The molecule has 0 amide bonds. The molecule has 0 atom stereocenters. The lowest BCUT2D eigenvalue weighted by Crippen LogP contribution is -2.21. The Morgan fingerprint density at radius 3 is 2.47 bits per heavy atom. The number of hydrogen-bond donors (Lipinski definition) is 1. The molecule has 1 aromatic carbocycles. The molecule has 0 aromatic heterocycles. The third kappa shape index (κ3) is 3.72. The van der Waals surface area contributed by atoms with Crippen LogP contribution in [0.15, 0.2) is 18.2 Å². The fraction of sp³-hybridized carbons (Fsp3) is 0.562. The summed E-state index contributed by atoms with van der Waals surface area (Å²) in [6.07, 6.45) is 2.65. The summed E-state index contributed by atoms with van der Waals surface area (Å²) in [5.74, 6) is -0.0468. The topological polar surface area (TPSA) is 52.3 Å².